The van der Waals surface area contributed by atoms with E-state index < -0.39 is 0 Å². The molecule has 0 aliphatic heterocycles. The van der Waals surface area contributed by atoms with E-state index in [2.05, 4.69) is 23.8 Å². The van der Waals surface area contributed by atoms with Gasteiger partial charge in [0.1, 0.15) is 0 Å². The molecule has 1 aliphatic rings. The van der Waals surface area contributed by atoms with Gasteiger partial charge in [-0.15, -0.1) is 0 Å². The van der Waals surface area contributed by atoms with E-state index in [4.69, 9.17) is 0 Å². The first-order chi connectivity index (χ1) is 11.8. The molecular formula is C22H42O2. The second kappa shape index (κ2) is 20.3. The number of ether oxygens (including phenoxy) is 1. The van der Waals surface area contributed by atoms with Crippen molar-refractivity contribution in [2.45, 2.75) is 116 Å². The molecule has 1 saturated carbocycles. The third-order valence-corrected chi connectivity index (χ3v) is 4.22. The molecule has 0 amide bonds. The Morgan fingerprint density at radius 2 is 1.21 bits per heavy atom. The lowest BCUT2D eigenvalue weighted by Gasteiger charge is -2.00. The first-order valence-corrected chi connectivity index (χ1v) is 10.5. The molecule has 0 N–H and O–H groups in total. The Balaban J connectivity index is 0.00000157. The molecule has 0 atom stereocenters. The zero-order chi connectivity index (χ0) is 17.7. The Morgan fingerprint density at radius 1 is 0.750 bits per heavy atom. The van der Waals surface area contributed by atoms with Gasteiger partial charge < -0.3 is 4.74 Å². The summed E-state index contributed by atoms with van der Waals surface area (Å²) in [6.45, 7) is 2.27. The summed E-state index contributed by atoms with van der Waals surface area (Å²) in [6.07, 6.45) is 26.5. The Hall–Kier alpha value is -0.790. The van der Waals surface area contributed by atoms with Crippen molar-refractivity contribution in [2.24, 2.45) is 0 Å². The number of hydrogen-bond acceptors (Lipinski definition) is 2. The minimum atomic E-state index is -0.0763. The molecule has 0 aromatic rings. The largest absolute Gasteiger partial charge is 0.469 e. The zero-order valence-corrected chi connectivity index (χ0v) is 16.5. The molecular weight excluding hydrogens is 296 g/mol. The van der Waals surface area contributed by atoms with Gasteiger partial charge in [-0.2, -0.15) is 0 Å². The summed E-state index contributed by atoms with van der Waals surface area (Å²) >= 11 is 0. The Labute approximate surface area is 151 Å². The summed E-state index contributed by atoms with van der Waals surface area (Å²) < 4.78 is 4.62. The maximum absolute atomic E-state index is 10.9. The number of carbonyl (C=O) groups is 1. The number of carbonyl (C=O) groups excluding carboxylic acids is 1. The second-order valence-electron chi connectivity index (χ2n) is 6.97. The minimum absolute atomic E-state index is 0.0763. The molecule has 2 heteroatoms. The third-order valence-electron chi connectivity index (χ3n) is 4.22. The molecule has 142 valence electrons. The predicted molar refractivity (Wildman–Crippen MR) is 105 cm³/mol. The lowest BCUT2D eigenvalue weighted by molar-refractivity contribution is -0.140. The van der Waals surface area contributed by atoms with Gasteiger partial charge in [-0.3, -0.25) is 4.79 Å². The van der Waals surface area contributed by atoms with E-state index in [0.717, 1.165) is 12.8 Å². The first kappa shape index (κ1) is 23.2. The smallest absolute Gasteiger partial charge is 0.305 e. The van der Waals surface area contributed by atoms with Gasteiger partial charge in [0.15, 0.2) is 0 Å². The highest BCUT2D eigenvalue weighted by atomic mass is 16.5. The fourth-order valence-corrected chi connectivity index (χ4v) is 2.44. The quantitative estimate of drug-likeness (QED) is 0.177. The van der Waals surface area contributed by atoms with Crippen LogP contribution in [0.2, 0.25) is 0 Å². The van der Waals surface area contributed by atoms with Gasteiger partial charge in [-0.1, -0.05) is 89.7 Å². The van der Waals surface area contributed by atoms with Crippen molar-refractivity contribution in [3.63, 3.8) is 0 Å². The number of allylic oxidation sites excluding steroid dienone is 2. The Bertz CT molecular complexity index is 279. The van der Waals surface area contributed by atoms with E-state index in [1.54, 1.807) is 0 Å². The fourth-order valence-electron chi connectivity index (χ4n) is 2.44. The zero-order valence-electron chi connectivity index (χ0n) is 16.5. The van der Waals surface area contributed by atoms with Crippen LogP contribution in [0.5, 0.6) is 0 Å². The van der Waals surface area contributed by atoms with Crippen LogP contribution in [-0.2, 0) is 9.53 Å². The number of rotatable bonds is 15. The Morgan fingerprint density at radius 3 is 1.67 bits per heavy atom. The number of esters is 1. The summed E-state index contributed by atoms with van der Waals surface area (Å²) in [5.74, 6) is -0.0763. The monoisotopic (exact) mass is 338 g/mol. The molecule has 2 nitrogen and oxygen atoms in total. The molecule has 0 spiro atoms. The van der Waals surface area contributed by atoms with E-state index >= 15 is 0 Å². The maximum atomic E-state index is 10.9. The SMILES string of the molecule is C1CC1.CCCCCCCC/C=C/CCCCCCCC(=O)OC. The average Bonchev–Trinajstić information content (AvgIpc) is 3.47. The topological polar surface area (TPSA) is 26.3 Å². The Kier molecular flexibility index (Phi) is 19.6. The standard InChI is InChI=1S/C19H36O2.C3H6/c1-3-4-5-6-7-8-9-10-11-12-13-14-15-16-17-18-19(20)21-2;1-2-3-1/h10-11H,3-9,12-18H2,1-2H3;1-3H2/b11-10+;. The highest BCUT2D eigenvalue weighted by molar-refractivity contribution is 5.68. The molecule has 1 rings (SSSR count). The van der Waals surface area contributed by atoms with Gasteiger partial charge in [0, 0.05) is 6.42 Å². The van der Waals surface area contributed by atoms with Gasteiger partial charge in [-0.25, -0.2) is 0 Å². The van der Waals surface area contributed by atoms with E-state index in [0.29, 0.717) is 6.42 Å². The maximum Gasteiger partial charge on any atom is 0.305 e. The van der Waals surface area contributed by atoms with Crippen molar-refractivity contribution < 1.29 is 9.53 Å². The summed E-state index contributed by atoms with van der Waals surface area (Å²) in [6, 6.07) is 0. The highest BCUT2D eigenvalue weighted by Gasteiger charge is 1.98. The summed E-state index contributed by atoms with van der Waals surface area (Å²) in [5.41, 5.74) is 0. The number of hydrogen-bond donors (Lipinski definition) is 0. The van der Waals surface area contributed by atoms with Crippen LogP contribution in [0.1, 0.15) is 116 Å². The van der Waals surface area contributed by atoms with Crippen LogP contribution in [-0.4, -0.2) is 13.1 Å². The van der Waals surface area contributed by atoms with Crippen molar-refractivity contribution in [1.29, 1.82) is 0 Å². The van der Waals surface area contributed by atoms with E-state index in [-0.39, 0.29) is 5.97 Å². The van der Waals surface area contributed by atoms with Gasteiger partial charge in [0.05, 0.1) is 7.11 Å². The van der Waals surface area contributed by atoms with Gasteiger partial charge in [0.2, 0.25) is 0 Å². The first-order valence-electron chi connectivity index (χ1n) is 10.5. The molecule has 1 aliphatic carbocycles. The fraction of sp³-hybridized carbons (Fsp3) is 0.864. The molecule has 24 heavy (non-hydrogen) atoms. The van der Waals surface area contributed by atoms with Gasteiger partial charge in [0.25, 0.3) is 0 Å². The molecule has 0 heterocycles. The van der Waals surface area contributed by atoms with Crippen LogP contribution in [0.4, 0.5) is 0 Å². The predicted octanol–water partition coefficient (Wildman–Crippen LogP) is 7.37. The van der Waals surface area contributed by atoms with E-state index in [9.17, 15) is 4.79 Å². The van der Waals surface area contributed by atoms with Crippen molar-refractivity contribution in [1.82, 2.24) is 0 Å². The molecule has 0 bridgehead atoms. The van der Waals surface area contributed by atoms with Crippen LogP contribution in [0.3, 0.4) is 0 Å². The molecule has 0 aromatic heterocycles. The average molecular weight is 339 g/mol. The normalized spacial score (nSPS) is 12.8. The number of unbranched alkanes of at least 4 members (excludes halogenated alkanes) is 11. The van der Waals surface area contributed by atoms with Crippen molar-refractivity contribution in [2.75, 3.05) is 7.11 Å². The lowest BCUT2D eigenvalue weighted by atomic mass is 10.1. The van der Waals surface area contributed by atoms with Crippen molar-refractivity contribution in [3.05, 3.63) is 12.2 Å². The van der Waals surface area contributed by atoms with Crippen LogP contribution >= 0.6 is 0 Å². The third kappa shape index (κ3) is 23.5. The summed E-state index contributed by atoms with van der Waals surface area (Å²) in [7, 11) is 1.46. The van der Waals surface area contributed by atoms with Crippen molar-refractivity contribution in [3.8, 4) is 0 Å². The van der Waals surface area contributed by atoms with Gasteiger partial charge in [-0.05, 0) is 32.1 Å². The summed E-state index contributed by atoms with van der Waals surface area (Å²) in [4.78, 5) is 10.9. The molecule has 0 aromatic carbocycles. The second-order valence-corrected chi connectivity index (χ2v) is 6.97. The molecule has 0 radical (unpaired) electrons. The highest BCUT2D eigenvalue weighted by Crippen LogP contribution is 2.15. The van der Waals surface area contributed by atoms with Crippen LogP contribution in [0.15, 0.2) is 12.2 Å². The van der Waals surface area contributed by atoms with Crippen LogP contribution < -0.4 is 0 Å². The molecule has 0 saturated heterocycles. The lowest BCUT2D eigenvalue weighted by Crippen LogP contribution is -1.98. The molecule has 1 fully saturated rings. The van der Waals surface area contributed by atoms with E-state index in [1.165, 1.54) is 97.0 Å². The van der Waals surface area contributed by atoms with E-state index in [1.807, 2.05) is 0 Å². The number of methoxy groups -OCH3 is 1. The minimum Gasteiger partial charge on any atom is -0.469 e. The molecule has 0 unspecified atom stereocenters. The summed E-state index contributed by atoms with van der Waals surface area (Å²) in [5, 5.41) is 0. The van der Waals surface area contributed by atoms with Crippen LogP contribution in [0, 0.1) is 0 Å². The van der Waals surface area contributed by atoms with Crippen LogP contribution in [0.25, 0.3) is 0 Å². The van der Waals surface area contributed by atoms with Crippen molar-refractivity contribution >= 4 is 5.97 Å². The van der Waals surface area contributed by atoms with Gasteiger partial charge >= 0.3 is 5.97 Å².